The molecule has 0 aliphatic carbocycles. The Morgan fingerprint density at radius 1 is 1.12 bits per heavy atom. The minimum absolute atomic E-state index is 0.165. The van der Waals surface area contributed by atoms with Crippen molar-refractivity contribution in [3.8, 4) is 0 Å². The van der Waals surface area contributed by atoms with E-state index >= 15 is 0 Å². The van der Waals surface area contributed by atoms with Gasteiger partial charge in [0.15, 0.2) is 5.65 Å². The van der Waals surface area contributed by atoms with Gasteiger partial charge in [0.05, 0.1) is 11.4 Å². The van der Waals surface area contributed by atoms with Gasteiger partial charge in [-0.05, 0) is 29.3 Å². The standard InChI is InChI=1S/C25H23FN4O3/c1-25(2)15-29(24(32)33-14-17-6-4-3-5-7-17)20-13-18(12-16-8-10-19(26)11-9-16)22-27-23(31)28-30(22)21(20)25/h3-11,13H,12,14-15H2,1-2H3,(H,28,31). The molecule has 5 rings (SSSR count). The SMILES string of the molecule is CC1(C)CN(C(=O)OCc2ccccc2)c2cc(Cc3ccc(F)cc3)c3nc(=O)[nH]n3c21. The number of H-pyrrole nitrogens is 1. The van der Waals surface area contributed by atoms with E-state index in [0.29, 0.717) is 24.3 Å². The number of nitrogens with zero attached hydrogens (tertiary/aromatic N) is 3. The predicted molar refractivity (Wildman–Crippen MR) is 122 cm³/mol. The van der Waals surface area contributed by atoms with Crippen LogP contribution in [0.4, 0.5) is 14.9 Å². The van der Waals surface area contributed by atoms with Crippen molar-refractivity contribution in [2.24, 2.45) is 0 Å². The van der Waals surface area contributed by atoms with Crippen LogP contribution in [-0.2, 0) is 23.2 Å². The number of ether oxygens (including phenoxy) is 1. The summed E-state index contributed by atoms with van der Waals surface area (Å²) in [7, 11) is 0. The molecule has 2 aromatic carbocycles. The molecule has 0 unspecified atom stereocenters. The van der Waals surface area contributed by atoms with Gasteiger partial charge < -0.3 is 4.74 Å². The van der Waals surface area contributed by atoms with E-state index < -0.39 is 17.2 Å². The van der Waals surface area contributed by atoms with Gasteiger partial charge in [-0.1, -0.05) is 56.3 Å². The Kier molecular flexibility index (Phi) is 5.00. The molecular weight excluding hydrogens is 423 g/mol. The summed E-state index contributed by atoms with van der Waals surface area (Å²) >= 11 is 0. The Morgan fingerprint density at radius 2 is 1.85 bits per heavy atom. The molecule has 1 aliphatic heterocycles. The molecule has 3 heterocycles. The predicted octanol–water partition coefficient (Wildman–Crippen LogP) is 4.19. The van der Waals surface area contributed by atoms with Crippen molar-refractivity contribution in [1.29, 1.82) is 0 Å². The maximum atomic E-state index is 13.4. The molecule has 1 aliphatic rings. The summed E-state index contributed by atoms with van der Waals surface area (Å²) < 4.78 is 20.6. The molecule has 0 bridgehead atoms. The molecule has 7 nitrogen and oxygen atoms in total. The van der Waals surface area contributed by atoms with Crippen molar-refractivity contribution < 1.29 is 13.9 Å². The summed E-state index contributed by atoms with van der Waals surface area (Å²) in [5.41, 5.74) is 3.54. The molecule has 8 heteroatoms. The van der Waals surface area contributed by atoms with Gasteiger partial charge in [-0.25, -0.2) is 23.6 Å². The van der Waals surface area contributed by atoms with E-state index in [9.17, 15) is 14.0 Å². The quantitative estimate of drug-likeness (QED) is 0.510. The first-order valence-corrected chi connectivity index (χ1v) is 10.7. The lowest BCUT2D eigenvalue weighted by Gasteiger charge is -2.20. The number of carbonyl (C=O) groups is 1. The zero-order chi connectivity index (χ0) is 23.2. The highest BCUT2D eigenvalue weighted by Gasteiger charge is 2.42. The number of hydrogen-bond acceptors (Lipinski definition) is 4. The average Bonchev–Trinajstić information content (AvgIpc) is 3.31. The number of anilines is 1. The van der Waals surface area contributed by atoms with Gasteiger partial charge in [0.2, 0.25) is 0 Å². The summed E-state index contributed by atoms with van der Waals surface area (Å²) in [5.74, 6) is -0.317. The Balaban J connectivity index is 1.55. The molecule has 1 amide bonds. The number of benzene rings is 2. The number of nitrogens with one attached hydrogen (secondary N) is 1. The smallest absolute Gasteiger partial charge is 0.414 e. The molecule has 168 valence electrons. The van der Waals surface area contributed by atoms with Gasteiger partial charge >= 0.3 is 11.8 Å². The fourth-order valence-corrected chi connectivity index (χ4v) is 4.43. The highest BCUT2D eigenvalue weighted by Crippen LogP contribution is 2.42. The number of pyridine rings is 1. The normalized spacial score (nSPS) is 14.5. The summed E-state index contributed by atoms with van der Waals surface area (Å²) in [6, 6.07) is 17.6. The number of fused-ring (bicyclic) bond motifs is 3. The zero-order valence-corrected chi connectivity index (χ0v) is 18.3. The second kappa shape index (κ2) is 7.88. The van der Waals surface area contributed by atoms with Crippen molar-refractivity contribution >= 4 is 17.4 Å². The number of halogens is 1. The molecule has 1 N–H and O–H groups in total. The van der Waals surface area contributed by atoms with Crippen LogP contribution in [0.2, 0.25) is 0 Å². The second-order valence-electron chi connectivity index (χ2n) is 8.90. The summed E-state index contributed by atoms with van der Waals surface area (Å²) in [6.45, 7) is 4.57. The number of aromatic amines is 1. The number of carbonyl (C=O) groups excluding carboxylic acids is 1. The van der Waals surface area contributed by atoms with Crippen molar-refractivity contribution in [3.63, 3.8) is 0 Å². The number of aromatic nitrogens is 3. The van der Waals surface area contributed by atoms with E-state index in [1.54, 1.807) is 21.5 Å². The van der Waals surface area contributed by atoms with Gasteiger partial charge in [-0.15, -0.1) is 0 Å². The van der Waals surface area contributed by atoms with E-state index in [1.165, 1.54) is 12.1 Å². The van der Waals surface area contributed by atoms with E-state index in [2.05, 4.69) is 10.1 Å². The largest absolute Gasteiger partial charge is 0.444 e. The molecular formula is C25H23FN4O3. The minimum atomic E-state index is -0.468. The van der Waals surface area contributed by atoms with Crippen molar-refractivity contribution in [2.45, 2.75) is 32.3 Å². The monoisotopic (exact) mass is 446 g/mol. The molecule has 0 radical (unpaired) electrons. The van der Waals surface area contributed by atoms with Crippen molar-refractivity contribution in [2.75, 3.05) is 11.4 Å². The highest BCUT2D eigenvalue weighted by atomic mass is 19.1. The van der Waals surface area contributed by atoms with Crippen LogP contribution < -0.4 is 10.6 Å². The molecule has 0 fully saturated rings. The molecule has 0 saturated carbocycles. The van der Waals surface area contributed by atoms with E-state index in [4.69, 9.17) is 4.74 Å². The van der Waals surface area contributed by atoms with E-state index in [0.717, 1.165) is 22.4 Å². The van der Waals surface area contributed by atoms with Crippen LogP contribution in [0.3, 0.4) is 0 Å². The third-order valence-electron chi connectivity index (χ3n) is 5.91. The molecule has 2 aromatic heterocycles. The molecule has 4 aromatic rings. The highest BCUT2D eigenvalue weighted by molar-refractivity contribution is 5.91. The van der Waals surface area contributed by atoms with E-state index in [1.807, 2.05) is 50.2 Å². The summed E-state index contributed by atoms with van der Waals surface area (Å²) in [4.78, 5) is 31.0. The Bertz CT molecular complexity index is 1390. The van der Waals surface area contributed by atoms with Gasteiger partial charge in [-0.3, -0.25) is 4.90 Å². The van der Waals surface area contributed by atoms with Crippen LogP contribution in [-0.4, -0.2) is 27.2 Å². The van der Waals surface area contributed by atoms with Crippen LogP contribution in [0.15, 0.2) is 65.5 Å². The van der Waals surface area contributed by atoms with Gasteiger partial charge in [0.1, 0.15) is 12.4 Å². The number of rotatable bonds is 4. The molecule has 0 spiro atoms. The summed E-state index contributed by atoms with van der Waals surface area (Å²) in [5, 5.41) is 2.78. The Hall–Kier alpha value is -3.94. The van der Waals surface area contributed by atoms with Gasteiger partial charge in [-0.2, -0.15) is 4.98 Å². The Morgan fingerprint density at radius 3 is 2.58 bits per heavy atom. The number of amides is 1. The van der Waals surface area contributed by atoms with Crippen LogP contribution in [0.25, 0.3) is 5.65 Å². The van der Waals surface area contributed by atoms with Crippen LogP contribution >= 0.6 is 0 Å². The molecule has 33 heavy (non-hydrogen) atoms. The average molecular weight is 446 g/mol. The zero-order valence-electron chi connectivity index (χ0n) is 18.3. The maximum absolute atomic E-state index is 13.4. The fraction of sp³-hybridized carbons (Fsp3) is 0.240. The third kappa shape index (κ3) is 3.88. The van der Waals surface area contributed by atoms with Crippen molar-refractivity contribution in [3.05, 3.63) is 99.3 Å². The lowest BCUT2D eigenvalue weighted by Crippen LogP contribution is -2.34. The first kappa shape index (κ1) is 20.9. The second-order valence-corrected chi connectivity index (χ2v) is 8.90. The Labute approximate surface area is 189 Å². The first-order chi connectivity index (χ1) is 15.8. The first-order valence-electron chi connectivity index (χ1n) is 10.7. The molecule has 0 atom stereocenters. The van der Waals surface area contributed by atoms with Gasteiger partial charge in [0.25, 0.3) is 0 Å². The van der Waals surface area contributed by atoms with E-state index in [-0.39, 0.29) is 12.4 Å². The maximum Gasteiger partial charge on any atom is 0.414 e. The number of hydrogen-bond donors (Lipinski definition) is 1. The van der Waals surface area contributed by atoms with Crippen LogP contribution in [0.1, 0.15) is 36.2 Å². The fourth-order valence-electron chi connectivity index (χ4n) is 4.43. The lowest BCUT2D eigenvalue weighted by atomic mass is 9.90. The lowest BCUT2D eigenvalue weighted by molar-refractivity contribution is 0.147. The molecule has 0 saturated heterocycles. The third-order valence-corrected chi connectivity index (χ3v) is 5.91. The topological polar surface area (TPSA) is 79.7 Å². The summed E-state index contributed by atoms with van der Waals surface area (Å²) in [6.07, 6.45) is -0.0328. The van der Waals surface area contributed by atoms with Crippen molar-refractivity contribution in [1.82, 2.24) is 14.6 Å². The minimum Gasteiger partial charge on any atom is -0.444 e. The van der Waals surface area contributed by atoms with Crippen LogP contribution in [0, 0.1) is 5.82 Å². The van der Waals surface area contributed by atoms with Gasteiger partial charge in [0, 0.05) is 23.9 Å². The van der Waals surface area contributed by atoms with Crippen LogP contribution in [0.5, 0.6) is 0 Å².